The van der Waals surface area contributed by atoms with Crippen molar-refractivity contribution < 1.29 is 9.52 Å². The third-order valence-electron chi connectivity index (χ3n) is 2.18. The minimum absolute atomic E-state index is 0.0195. The molecule has 0 radical (unpaired) electrons. The van der Waals surface area contributed by atoms with Crippen LogP contribution in [0.1, 0.15) is 18.4 Å². The Kier molecular flexibility index (Phi) is 3.35. The number of aromatic nitrogens is 1. The van der Waals surface area contributed by atoms with Gasteiger partial charge in [0.05, 0.1) is 11.1 Å². The zero-order valence-electron chi connectivity index (χ0n) is 8.28. The summed E-state index contributed by atoms with van der Waals surface area (Å²) in [7, 11) is 0. The van der Waals surface area contributed by atoms with Crippen LogP contribution in [-0.2, 0) is 0 Å². The lowest BCUT2D eigenvalue weighted by Gasteiger charge is -2.02. The maximum Gasteiger partial charge on any atom is 0.212 e. The maximum atomic E-state index is 8.77. The molecular weight excluding hydrogens is 251 g/mol. The smallest absolute Gasteiger partial charge is 0.212 e. The zero-order valence-corrected chi connectivity index (χ0v) is 9.79. The van der Waals surface area contributed by atoms with E-state index in [1.807, 2.05) is 0 Å². The van der Waals surface area contributed by atoms with Crippen LogP contribution in [0.2, 0.25) is 10.0 Å². The van der Waals surface area contributed by atoms with Gasteiger partial charge in [-0.3, -0.25) is 0 Å². The van der Waals surface area contributed by atoms with Gasteiger partial charge >= 0.3 is 0 Å². The minimum atomic E-state index is -0.438. The Morgan fingerprint density at radius 1 is 1.44 bits per heavy atom. The molecule has 3 N–H and O–H groups in total. The number of hydrogen-bond acceptors (Lipinski definition) is 4. The topological polar surface area (TPSA) is 72.3 Å². The van der Waals surface area contributed by atoms with Crippen molar-refractivity contribution in [2.45, 2.75) is 12.5 Å². The molecule has 0 bridgehead atoms. The van der Waals surface area contributed by atoms with Gasteiger partial charge in [-0.25, -0.2) is 4.98 Å². The highest BCUT2D eigenvalue weighted by Gasteiger charge is 2.15. The standard InChI is InChI=1S/C10H10Cl2N2O2/c11-5-3-6(12)9-8(4-5)14-10(16-9)7(13)1-2-15/h3-4,7,15H,1-2,13H2. The molecule has 2 aromatic rings. The highest BCUT2D eigenvalue weighted by atomic mass is 35.5. The summed E-state index contributed by atoms with van der Waals surface area (Å²) >= 11 is 11.8. The Balaban J connectivity index is 2.47. The molecule has 0 aliphatic carbocycles. The molecule has 1 aromatic carbocycles. The summed E-state index contributed by atoms with van der Waals surface area (Å²) in [5.41, 5.74) is 6.80. The third-order valence-corrected chi connectivity index (χ3v) is 2.68. The van der Waals surface area contributed by atoms with Crippen molar-refractivity contribution in [2.75, 3.05) is 6.61 Å². The van der Waals surface area contributed by atoms with E-state index in [4.69, 9.17) is 38.5 Å². The third kappa shape index (κ3) is 2.15. The summed E-state index contributed by atoms with van der Waals surface area (Å²) < 4.78 is 5.43. The van der Waals surface area contributed by atoms with Crippen LogP contribution < -0.4 is 5.73 Å². The molecule has 0 aliphatic heterocycles. The lowest BCUT2D eigenvalue weighted by molar-refractivity contribution is 0.268. The van der Waals surface area contributed by atoms with Crippen molar-refractivity contribution >= 4 is 34.3 Å². The zero-order chi connectivity index (χ0) is 11.7. The van der Waals surface area contributed by atoms with E-state index in [2.05, 4.69) is 4.98 Å². The summed E-state index contributed by atoms with van der Waals surface area (Å²) in [5.74, 6) is 0.355. The Hall–Kier alpha value is -0.810. The number of nitrogens with two attached hydrogens (primary N) is 1. The lowest BCUT2D eigenvalue weighted by Crippen LogP contribution is -2.11. The number of aliphatic hydroxyl groups is 1. The number of fused-ring (bicyclic) bond motifs is 1. The summed E-state index contributed by atoms with van der Waals surface area (Å²) in [6, 6.07) is 2.80. The summed E-state index contributed by atoms with van der Waals surface area (Å²) in [4.78, 5) is 4.18. The molecule has 0 aliphatic rings. The van der Waals surface area contributed by atoms with E-state index < -0.39 is 6.04 Å². The molecule has 0 amide bonds. The number of hydrogen-bond donors (Lipinski definition) is 2. The van der Waals surface area contributed by atoms with Crippen LogP contribution >= 0.6 is 23.2 Å². The second kappa shape index (κ2) is 4.59. The Morgan fingerprint density at radius 3 is 2.88 bits per heavy atom. The fourth-order valence-electron chi connectivity index (χ4n) is 1.40. The van der Waals surface area contributed by atoms with Gasteiger partial charge in [0.25, 0.3) is 0 Å². The fraction of sp³-hybridized carbons (Fsp3) is 0.300. The molecule has 1 heterocycles. The van der Waals surface area contributed by atoms with Crippen molar-refractivity contribution in [3.8, 4) is 0 Å². The number of oxazole rings is 1. The normalized spacial score (nSPS) is 13.2. The van der Waals surface area contributed by atoms with Crippen LogP contribution in [0.3, 0.4) is 0 Å². The molecule has 16 heavy (non-hydrogen) atoms. The first-order valence-corrected chi connectivity index (χ1v) is 5.49. The number of rotatable bonds is 3. The van der Waals surface area contributed by atoms with Crippen molar-refractivity contribution in [2.24, 2.45) is 5.73 Å². The van der Waals surface area contributed by atoms with Gasteiger partial charge in [0.2, 0.25) is 5.89 Å². The van der Waals surface area contributed by atoms with Crippen molar-refractivity contribution in [3.63, 3.8) is 0 Å². The van der Waals surface area contributed by atoms with Gasteiger partial charge in [0, 0.05) is 11.6 Å². The molecule has 0 spiro atoms. The van der Waals surface area contributed by atoms with Gasteiger partial charge in [0.15, 0.2) is 5.58 Å². The van der Waals surface area contributed by atoms with Gasteiger partial charge in [-0.2, -0.15) is 0 Å². The van der Waals surface area contributed by atoms with E-state index in [1.54, 1.807) is 12.1 Å². The van der Waals surface area contributed by atoms with Gasteiger partial charge in [-0.1, -0.05) is 23.2 Å². The summed E-state index contributed by atoms with van der Waals surface area (Å²) in [6.45, 7) is -0.0195. The van der Waals surface area contributed by atoms with Crippen LogP contribution in [-0.4, -0.2) is 16.7 Å². The summed E-state index contributed by atoms with van der Waals surface area (Å²) in [6.07, 6.45) is 0.387. The van der Waals surface area contributed by atoms with Crippen LogP contribution in [0.25, 0.3) is 11.1 Å². The molecule has 4 nitrogen and oxygen atoms in total. The Morgan fingerprint density at radius 2 is 2.19 bits per heavy atom. The van der Waals surface area contributed by atoms with Gasteiger partial charge in [0.1, 0.15) is 5.52 Å². The molecule has 1 aromatic heterocycles. The predicted octanol–water partition coefficient (Wildman–Crippen LogP) is 2.52. The molecule has 1 unspecified atom stereocenters. The van der Waals surface area contributed by atoms with Gasteiger partial charge < -0.3 is 15.3 Å². The quantitative estimate of drug-likeness (QED) is 0.890. The molecule has 1 atom stereocenters. The monoisotopic (exact) mass is 260 g/mol. The minimum Gasteiger partial charge on any atom is -0.437 e. The second-order valence-electron chi connectivity index (χ2n) is 3.41. The van der Waals surface area contributed by atoms with Crippen LogP contribution in [0.5, 0.6) is 0 Å². The molecule has 6 heteroatoms. The molecule has 0 fully saturated rings. The van der Waals surface area contributed by atoms with Gasteiger partial charge in [-0.15, -0.1) is 0 Å². The Bertz CT molecular complexity index is 513. The predicted molar refractivity (Wildman–Crippen MR) is 62.7 cm³/mol. The van der Waals surface area contributed by atoms with E-state index >= 15 is 0 Å². The van der Waals surface area contributed by atoms with E-state index in [9.17, 15) is 0 Å². The average Bonchev–Trinajstić information content (AvgIpc) is 2.62. The fourth-order valence-corrected chi connectivity index (χ4v) is 1.92. The molecular formula is C10H10Cl2N2O2. The van der Waals surface area contributed by atoms with E-state index in [0.29, 0.717) is 33.5 Å². The SMILES string of the molecule is NC(CCO)c1nc2cc(Cl)cc(Cl)c2o1. The Labute approximate surface area is 102 Å². The first kappa shape index (κ1) is 11.7. The van der Waals surface area contributed by atoms with Gasteiger partial charge in [-0.05, 0) is 18.6 Å². The first-order chi connectivity index (χ1) is 7.61. The van der Waals surface area contributed by atoms with Crippen LogP contribution in [0.15, 0.2) is 16.5 Å². The first-order valence-electron chi connectivity index (χ1n) is 4.73. The number of aliphatic hydroxyl groups excluding tert-OH is 1. The van der Waals surface area contributed by atoms with Crippen LogP contribution in [0.4, 0.5) is 0 Å². The summed E-state index contributed by atoms with van der Waals surface area (Å²) in [5, 5.41) is 9.67. The van der Waals surface area contributed by atoms with E-state index in [1.165, 1.54) is 0 Å². The number of benzene rings is 1. The average molecular weight is 261 g/mol. The lowest BCUT2D eigenvalue weighted by atomic mass is 10.2. The number of nitrogens with zero attached hydrogens (tertiary/aromatic N) is 1. The molecule has 0 saturated heterocycles. The van der Waals surface area contributed by atoms with Crippen LogP contribution in [0, 0.1) is 0 Å². The molecule has 2 rings (SSSR count). The highest BCUT2D eigenvalue weighted by molar-refractivity contribution is 6.37. The van der Waals surface area contributed by atoms with Crippen molar-refractivity contribution in [1.29, 1.82) is 0 Å². The van der Waals surface area contributed by atoms with E-state index in [-0.39, 0.29) is 6.61 Å². The number of halogens is 2. The van der Waals surface area contributed by atoms with E-state index in [0.717, 1.165) is 0 Å². The van der Waals surface area contributed by atoms with Crippen molar-refractivity contribution in [1.82, 2.24) is 4.98 Å². The molecule has 0 saturated carbocycles. The highest BCUT2D eigenvalue weighted by Crippen LogP contribution is 2.30. The molecule has 86 valence electrons. The largest absolute Gasteiger partial charge is 0.437 e. The second-order valence-corrected chi connectivity index (χ2v) is 4.25. The van der Waals surface area contributed by atoms with Crippen molar-refractivity contribution in [3.05, 3.63) is 28.1 Å². The maximum absolute atomic E-state index is 8.77.